The van der Waals surface area contributed by atoms with Crippen molar-refractivity contribution in [2.75, 3.05) is 38.6 Å². The molecule has 1 saturated carbocycles. The Morgan fingerprint density at radius 3 is 2.33 bits per heavy atom. The number of para-hydroxylation sites is 1. The molecule has 0 unspecified atom stereocenters. The summed E-state index contributed by atoms with van der Waals surface area (Å²) in [6.07, 6.45) is -1.71. The fraction of sp³-hybridized carbons (Fsp3) is 0.393. The number of ether oxygens (including phenoxy) is 3. The first-order valence-electron chi connectivity index (χ1n) is 12.9. The summed E-state index contributed by atoms with van der Waals surface area (Å²) < 4.78 is 17.4. The van der Waals surface area contributed by atoms with Crippen molar-refractivity contribution in [3.8, 4) is 27.8 Å². The quantitative estimate of drug-likeness (QED) is 0.192. The van der Waals surface area contributed by atoms with Crippen LogP contribution in [0, 0.1) is 12.8 Å². The van der Waals surface area contributed by atoms with Gasteiger partial charge in [-0.15, -0.1) is 11.3 Å². The van der Waals surface area contributed by atoms with Gasteiger partial charge in [-0.1, -0.05) is 12.1 Å². The molecule has 11 nitrogen and oxygen atoms in total. The lowest BCUT2D eigenvalue weighted by molar-refractivity contribution is 0.00446. The van der Waals surface area contributed by atoms with E-state index in [0.717, 1.165) is 20.8 Å². The Hall–Kier alpha value is -3.71. The molecule has 0 saturated heterocycles. The summed E-state index contributed by atoms with van der Waals surface area (Å²) in [5.41, 5.74) is 3.14. The van der Waals surface area contributed by atoms with Crippen LogP contribution >= 0.6 is 11.3 Å². The van der Waals surface area contributed by atoms with E-state index < -0.39 is 24.2 Å². The van der Waals surface area contributed by atoms with Gasteiger partial charge in [0.25, 0.3) is 0 Å². The molecule has 4 aromatic rings. The minimum absolute atomic E-state index is 0.217. The predicted octanol–water partition coefficient (Wildman–Crippen LogP) is 3.21. The van der Waals surface area contributed by atoms with Crippen molar-refractivity contribution in [3.63, 3.8) is 0 Å². The average molecular weight is 568 g/mol. The summed E-state index contributed by atoms with van der Waals surface area (Å²) >= 11 is 1.53. The average Bonchev–Trinajstić information content (AvgIpc) is 3.51. The molecule has 1 aliphatic carbocycles. The third kappa shape index (κ3) is 5.35. The number of aliphatic hydroxyl groups is 3. The van der Waals surface area contributed by atoms with Crippen LogP contribution in [-0.2, 0) is 6.54 Å². The second-order valence-corrected chi connectivity index (χ2v) is 10.7. The molecule has 1 aliphatic rings. The standard InChI is InChI=1S/C28H33N5O6S/c1-14-22(27-32-17-7-5-6-8-21(17)40-27)26(31-18-11-16(13-34)23(35)24(18)36)33-28(30-14)29-12-15-9-19(37-2)25(39-4)20(10-15)38-3/h5-10,16,18,23-24,34-36H,11-13H2,1-4H3,(H2,29,30,31,33)/t16-,18-,23-,24+/m1/s1. The third-order valence-electron chi connectivity index (χ3n) is 7.13. The molecule has 4 atom stereocenters. The van der Waals surface area contributed by atoms with E-state index in [-0.39, 0.29) is 6.61 Å². The van der Waals surface area contributed by atoms with Gasteiger partial charge < -0.3 is 40.2 Å². The van der Waals surface area contributed by atoms with Crippen LogP contribution in [0.3, 0.4) is 0 Å². The lowest BCUT2D eigenvalue weighted by Gasteiger charge is -2.21. The van der Waals surface area contributed by atoms with Gasteiger partial charge in [0.1, 0.15) is 16.9 Å². The van der Waals surface area contributed by atoms with E-state index in [1.165, 1.54) is 11.3 Å². The number of hydrogen-bond acceptors (Lipinski definition) is 12. The van der Waals surface area contributed by atoms with Gasteiger partial charge in [-0.3, -0.25) is 0 Å². The van der Waals surface area contributed by atoms with Gasteiger partial charge >= 0.3 is 0 Å². The van der Waals surface area contributed by atoms with Crippen LogP contribution in [0.4, 0.5) is 11.8 Å². The van der Waals surface area contributed by atoms with Crippen molar-refractivity contribution >= 4 is 33.3 Å². The smallest absolute Gasteiger partial charge is 0.225 e. The van der Waals surface area contributed by atoms with Gasteiger partial charge in [-0.2, -0.15) is 4.98 Å². The van der Waals surface area contributed by atoms with Crippen molar-refractivity contribution in [1.82, 2.24) is 15.0 Å². The van der Waals surface area contributed by atoms with Gasteiger partial charge in [0.05, 0.1) is 54.9 Å². The normalized spacial score (nSPS) is 20.5. The highest BCUT2D eigenvalue weighted by molar-refractivity contribution is 7.21. The number of hydrogen-bond donors (Lipinski definition) is 5. The highest BCUT2D eigenvalue weighted by Crippen LogP contribution is 2.40. The maximum atomic E-state index is 10.7. The maximum Gasteiger partial charge on any atom is 0.225 e. The van der Waals surface area contributed by atoms with E-state index >= 15 is 0 Å². The van der Waals surface area contributed by atoms with Crippen LogP contribution in [-0.4, -0.2) is 76.5 Å². The largest absolute Gasteiger partial charge is 0.493 e. The molecule has 40 heavy (non-hydrogen) atoms. The van der Waals surface area contributed by atoms with E-state index in [0.29, 0.717) is 53.2 Å². The predicted molar refractivity (Wildman–Crippen MR) is 153 cm³/mol. The van der Waals surface area contributed by atoms with Crippen LogP contribution in [0.1, 0.15) is 17.7 Å². The fourth-order valence-electron chi connectivity index (χ4n) is 5.03. The van der Waals surface area contributed by atoms with E-state index in [9.17, 15) is 15.3 Å². The molecule has 2 heterocycles. The van der Waals surface area contributed by atoms with Crippen LogP contribution in [0.5, 0.6) is 17.2 Å². The SMILES string of the molecule is COc1cc(CNc2nc(C)c(-c3nc4ccccc4s3)c(N[C@@H]3C[C@H](CO)[C@@H](O)[C@H]3O)n2)cc(OC)c1OC. The van der Waals surface area contributed by atoms with Crippen LogP contribution in [0.15, 0.2) is 36.4 Å². The highest BCUT2D eigenvalue weighted by Gasteiger charge is 2.41. The van der Waals surface area contributed by atoms with E-state index in [1.54, 1.807) is 21.3 Å². The molecule has 5 rings (SSSR count). The van der Waals surface area contributed by atoms with Gasteiger partial charge in [0.2, 0.25) is 11.7 Å². The van der Waals surface area contributed by atoms with E-state index in [4.69, 9.17) is 29.2 Å². The molecule has 2 aromatic heterocycles. The Labute approximate surface area is 235 Å². The molecule has 5 N–H and O–H groups in total. The molecule has 0 amide bonds. The zero-order valence-electron chi connectivity index (χ0n) is 22.7. The molecular weight excluding hydrogens is 534 g/mol. The summed E-state index contributed by atoms with van der Waals surface area (Å²) in [5.74, 6) is 2.00. The molecule has 212 valence electrons. The molecule has 2 aromatic carbocycles. The zero-order valence-corrected chi connectivity index (χ0v) is 23.5. The second-order valence-electron chi connectivity index (χ2n) is 9.64. The number of fused-ring (bicyclic) bond motifs is 1. The number of aryl methyl sites for hydroxylation is 1. The first kappa shape index (κ1) is 27.8. The van der Waals surface area contributed by atoms with Crippen LogP contribution < -0.4 is 24.8 Å². The minimum atomic E-state index is -1.06. The molecule has 12 heteroatoms. The second kappa shape index (κ2) is 11.8. The minimum Gasteiger partial charge on any atom is -0.493 e. The number of methoxy groups -OCH3 is 3. The Morgan fingerprint density at radius 2 is 1.70 bits per heavy atom. The Kier molecular flexibility index (Phi) is 8.22. The summed E-state index contributed by atoms with van der Waals surface area (Å²) in [6, 6.07) is 11.1. The molecule has 0 radical (unpaired) electrons. The van der Waals surface area contributed by atoms with E-state index in [1.807, 2.05) is 43.3 Å². The Morgan fingerprint density at radius 1 is 0.975 bits per heavy atom. The van der Waals surface area contributed by atoms with Gasteiger partial charge in [0.15, 0.2) is 11.5 Å². The summed E-state index contributed by atoms with van der Waals surface area (Å²) in [6.45, 7) is 2.04. The molecular formula is C28H33N5O6S. The summed E-state index contributed by atoms with van der Waals surface area (Å²) in [5, 5.41) is 38.1. The summed E-state index contributed by atoms with van der Waals surface area (Å²) in [4.78, 5) is 14.3. The third-order valence-corrected chi connectivity index (χ3v) is 8.19. The number of anilines is 2. The molecule has 0 aliphatic heterocycles. The number of aliphatic hydroxyl groups excluding tert-OH is 3. The van der Waals surface area contributed by atoms with Gasteiger partial charge in [-0.05, 0) is 43.2 Å². The first-order chi connectivity index (χ1) is 19.4. The van der Waals surface area contributed by atoms with Gasteiger partial charge in [0, 0.05) is 19.1 Å². The topological polar surface area (TPSA) is 151 Å². The highest BCUT2D eigenvalue weighted by atomic mass is 32.1. The fourth-order valence-corrected chi connectivity index (χ4v) is 6.10. The molecule has 0 spiro atoms. The number of thiazole rings is 1. The van der Waals surface area contributed by atoms with Crippen molar-refractivity contribution in [2.24, 2.45) is 5.92 Å². The number of nitrogens with zero attached hydrogens (tertiary/aromatic N) is 3. The van der Waals surface area contributed by atoms with E-state index in [2.05, 4.69) is 10.6 Å². The number of nitrogens with one attached hydrogen (secondary N) is 2. The number of rotatable bonds is 10. The molecule has 1 fully saturated rings. The first-order valence-corrected chi connectivity index (χ1v) is 13.7. The lowest BCUT2D eigenvalue weighted by Crippen LogP contribution is -2.35. The van der Waals surface area contributed by atoms with Crippen molar-refractivity contribution in [3.05, 3.63) is 47.7 Å². The lowest BCUT2D eigenvalue weighted by atomic mass is 10.1. The van der Waals surface area contributed by atoms with Crippen LogP contribution in [0.25, 0.3) is 20.8 Å². The van der Waals surface area contributed by atoms with Crippen molar-refractivity contribution in [2.45, 2.75) is 38.1 Å². The van der Waals surface area contributed by atoms with Crippen LogP contribution in [0.2, 0.25) is 0 Å². The van der Waals surface area contributed by atoms with Crippen molar-refractivity contribution in [1.29, 1.82) is 0 Å². The maximum absolute atomic E-state index is 10.7. The van der Waals surface area contributed by atoms with Gasteiger partial charge in [-0.25, -0.2) is 9.97 Å². The monoisotopic (exact) mass is 567 g/mol. The summed E-state index contributed by atoms with van der Waals surface area (Å²) in [7, 11) is 4.68. The number of aromatic nitrogens is 3. The zero-order chi connectivity index (χ0) is 28.4. The molecule has 0 bridgehead atoms. The van der Waals surface area contributed by atoms with Crippen molar-refractivity contribution < 1.29 is 29.5 Å². The Balaban J connectivity index is 1.50. The number of benzene rings is 2. The Bertz CT molecular complexity index is 1440.